The third kappa shape index (κ3) is 5.31. The minimum atomic E-state index is 0. The summed E-state index contributed by atoms with van der Waals surface area (Å²) in [6, 6.07) is 6.49. The van der Waals surface area contributed by atoms with Crippen LogP contribution < -0.4 is 10.6 Å². The first-order valence-electron chi connectivity index (χ1n) is 9.43. The van der Waals surface area contributed by atoms with Crippen LogP contribution in [0.3, 0.4) is 0 Å². The van der Waals surface area contributed by atoms with E-state index in [-0.39, 0.29) is 24.0 Å². The van der Waals surface area contributed by atoms with E-state index in [4.69, 9.17) is 0 Å². The number of aliphatic imine (C=N–C) groups is 1. The van der Waals surface area contributed by atoms with Crippen molar-refractivity contribution in [3.63, 3.8) is 0 Å². The number of fused-ring (bicyclic) bond motifs is 1. The molecule has 0 amide bonds. The molecule has 1 saturated carbocycles. The summed E-state index contributed by atoms with van der Waals surface area (Å²) in [5.74, 6) is 3.54. The van der Waals surface area contributed by atoms with Gasteiger partial charge in [0, 0.05) is 32.3 Å². The largest absolute Gasteiger partial charge is 0.356 e. The fourth-order valence-corrected chi connectivity index (χ4v) is 3.67. The molecule has 2 aromatic rings. The number of hydrogen-bond acceptors (Lipinski definition) is 3. The van der Waals surface area contributed by atoms with Gasteiger partial charge in [-0.1, -0.05) is 19.9 Å². The fraction of sp³-hybridized carbons (Fsp3) is 0.632. The fourth-order valence-electron chi connectivity index (χ4n) is 3.67. The van der Waals surface area contributed by atoms with Crippen molar-refractivity contribution >= 4 is 35.6 Å². The Morgan fingerprint density at radius 2 is 2.00 bits per heavy atom. The van der Waals surface area contributed by atoms with E-state index in [2.05, 4.69) is 39.7 Å². The lowest BCUT2D eigenvalue weighted by Gasteiger charge is -2.32. The summed E-state index contributed by atoms with van der Waals surface area (Å²) >= 11 is 0. The van der Waals surface area contributed by atoms with Crippen molar-refractivity contribution in [3.8, 4) is 0 Å². The summed E-state index contributed by atoms with van der Waals surface area (Å²) in [6.07, 6.45) is 7.92. The third-order valence-corrected chi connectivity index (χ3v) is 5.30. The second-order valence-corrected chi connectivity index (χ2v) is 7.29. The molecule has 7 heteroatoms. The molecule has 1 aliphatic carbocycles. The highest BCUT2D eigenvalue weighted by molar-refractivity contribution is 14.0. The van der Waals surface area contributed by atoms with E-state index in [0.717, 1.165) is 42.2 Å². The number of guanidine groups is 1. The third-order valence-electron chi connectivity index (χ3n) is 5.30. The zero-order valence-corrected chi connectivity index (χ0v) is 18.3. The molecular formula is C19H31IN6. The highest BCUT2D eigenvalue weighted by Crippen LogP contribution is 2.29. The van der Waals surface area contributed by atoms with E-state index in [9.17, 15) is 0 Å². The maximum absolute atomic E-state index is 4.37. The zero-order chi connectivity index (χ0) is 17.6. The van der Waals surface area contributed by atoms with Crippen molar-refractivity contribution in [2.45, 2.75) is 52.0 Å². The van der Waals surface area contributed by atoms with Gasteiger partial charge in [0.05, 0.1) is 0 Å². The van der Waals surface area contributed by atoms with E-state index in [1.807, 2.05) is 35.8 Å². The summed E-state index contributed by atoms with van der Waals surface area (Å²) in [6.45, 7) is 5.47. The topological polar surface area (TPSA) is 66.6 Å². The second kappa shape index (κ2) is 10.1. The maximum Gasteiger partial charge on any atom is 0.191 e. The van der Waals surface area contributed by atoms with Crippen LogP contribution in [-0.4, -0.2) is 40.2 Å². The van der Waals surface area contributed by atoms with Crippen LogP contribution in [0.1, 0.15) is 45.4 Å². The lowest BCUT2D eigenvalue weighted by atomic mass is 9.80. The normalized spacial score (nSPS) is 20.8. The van der Waals surface area contributed by atoms with E-state index in [1.54, 1.807) is 0 Å². The van der Waals surface area contributed by atoms with Gasteiger partial charge in [-0.05, 0) is 49.7 Å². The molecule has 2 N–H and O–H groups in total. The Labute approximate surface area is 173 Å². The Bertz CT molecular complexity index is 703. The van der Waals surface area contributed by atoms with Gasteiger partial charge in [0.1, 0.15) is 5.82 Å². The molecule has 0 spiro atoms. The summed E-state index contributed by atoms with van der Waals surface area (Å²) < 4.78 is 2.03. The van der Waals surface area contributed by atoms with Gasteiger partial charge in [0.15, 0.2) is 11.6 Å². The second-order valence-electron chi connectivity index (χ2n) is 7.29. The predicted molar refractivity (Wildman–Crippen MR) is 117 cm³/mol. The van der Waals surface area contributed by atoms with Gasteiger partial charge in [-0.15, -0.1) is 34.2 Å². The number of nitrogens with zero attached hydrogens (tertiary/aromatic N) is 4. The Morgan fingerprint density at radius 1 is 1.23 bits per heavy atom. The van der Waals surface area contributed by atoms with E-state index >= 15 is 0 Å². The van der Waals surface area contributed by atoms with Crippen molar-refractivity contribution in [2.75, 3.05) is 13.6 Å². The lowest BCUT2D eigenvalue weighted by Crippen LogP contribution is -2.45. The highest BCUT2D eigenvalue weighted by Gasteiger charge is 2.23. The van der Waals surface area contributed by atoms with Gasteiger partial charge in [-0.25, -0.2) is 0 Å². The van der Waals surface area contributed by atoms with Crippen LogP contribution >= 0.6 is 24.0 Å². The van der Waals surface area contributed by atoms with Crippen LogP contribution in [0.4, 0.5) is 0 Å². The summed E-state index contributed by atoms with van der Waals surface area (Å²) in [5, 5.41) is 15.5. The average Bonchev–Trinajstić information content (AvgIpc) is 3.04. The van der Waals surface area contributed by atoms with Crippen molar-refractivity contribution in [1.82, 2.24) is 25.2 Å². The monoisotopic (exact) mass is 470 g/mol. The molecule has 0 aromatic carbocycles. The smallest absolute Gasteiger partial charge is 0.191 e. The number of pyridine rings is 1. The van der Waals surface area contributed by atoms with Gasteiger partial charge in [0.25, 0.3) is 0 Å². The van der Waals surface area contributed by atoms with Gasteiger partial charge in [-0.3, -0.25) is 9.39 Å². The van der Waals surface area contributed by atoms with Gasteiger partial charge >= 0.3 is 0 Å². The van der Waals surface area contributed by atoms with Crippen LogP contribution in [-0.2, 0) is 6.42 Å². The number of aromatic nitrogens is 3. The quantitative estimate of drug-likeness (QED) is 0.400. The first-order chi connectivity index (χ1) is 12.2. The summed E-state index contributed by atoms with van der Waals surface area (Å²) in [5.41, 5.74) is 0.891. The molecule has 0 bridgehead atoms. The minimum Gasteiger partial charge on any atom is -0.356 e. The SMILES string of the molecule is CN=C(NCCc1nnc2ccccn12)NC1CCC(C(C)C)CC1.I. The molecule has 0 atom stereocenters. The maximum atomic E-state index is 4.37. The first kappa shape index (κ1) is 20.9. The Morgan fingerprint density at radius 3 is 2.69 bits per heavy atom. The predicted octanol–water partition coefficient (Wildman–Crippen LogP) is 3.27. The van der Waals surface area contributed by atoms with Gasteiger partial charge in [-0.2, -0.15) is 0 Å². The average molecular weight is 470 g/mol. The Hall–Kier alpha value is -1.38. The van der Waals surface area contributed by atoms with E-state index in [0.29, 0.717) is 6.04 Å². The minimum absolute atomic E-state index is 0. The molecule has 144 valence electrons. The molecule has 0 aliphatic heterocycles. The van der Waals surface area contributed by atoms with E-state index in [1.165, 1.54) is 25.7 Å². The standard InChI is InChI=1S/C19H30N6.HI/c1-14(2)15-7-9-16(10-8-15)22-19(20-3)21-12-11-18-24-23-17-6-4-5-13-25(17)18;/h4-6,13-16H,7-12H2,1-3H3,(H2,20,21,22);1H. The van der Waals surface area contributed by atoms with E-state index < -0.39 is 0 Å². The lowest BCUT2D eigenvalue weighted by molar-refractivity contribution is 0.250. The van der Waals surface area contributed by atoms with Crippen LogP contribution in [0.15, 0.2) is 29.4 Å². The molecule has 3 rings (SSSR count). The number of nitrogens with one attached hydrogen (secondary N) is 2. The Balaban J connectivity index is 0.00000243. The molecule has 0 radical (unpaired) electrons. The van der Waals surface area contributed by atoms with Crippen molar-refractivity contribution < 1.29 is 0 Å². The summed E-state index contributed by atoms with van der Waals surface area (Å²) in [4.78, 5) is 4.37. The van der Waals surface area contributed by atoms with Gasteiger partial charge < -0.3 is 10.6 Å². The molecule has 0 unspecified atom stereocenters. The molecular weight excluding hydrogens is 439 g/mol. The Kier molecular flexibility index (Phi) is 8.12. The van der Waals surface area contributed by atoms with Crippen molar-refractivity contribution in [3.05, 3.63) is 30.2 Å². The molecule has 0 saturated heterocycles. The van der Waals surface area contributed by atoms with Crippen LogP contribution in [0, 0.1) is 11.8 Å². The van der Waals surface area contributed by atoms with Crippen LogP contribution in [0.5, 0.6) is 0 Å². The number of hydrogen-bond donors (Lipinski definition) is 2. The van der Waals surface area contributed by atoms with Crippen LogP contribution in [0.25, 0.3) is 5.65 Å². The van der Waals surface area contributed by atoms with Crippen molar-refractivity contribution in [2.24, 2.45) is 16.8 Å². The highest BCUT2D eigenvalue weighted by atomic mass is 127. The van der Waals surface area contributed by atoms with Gasteiger partial charge in [0.2, 0.25) is 0 Å². The first-order valence-corrected chi connectivity index (χ1v) is 9.43. The molecule has 6 nitrogen and oxygen atoms in total. The number of halogens is 1. The molecule has 2 aromatic heterocycles. The molecule has 2 heterocycles. The summed E-state index contributed by atoms with van der Waals surface area (Å²) in [7, 11) is 1.83. The van der Waals surface area contributed by atoms with Crippen molar-refractivity contribution in [1.29, 1.82) is 0 Å². The molecule has 26 heavy (non-hydrogen) atoms. The van der Waals surface area contributed by atoms with Crippen LogP contribution in [0.2, 0.25) is 0 Å². The number of rotatable bonds is 5. The molecule has 1 aliphatic rings. The molecule has 1 fully saturated rings. The zero-order valence-electron chi connectivity index (χ0n) is 16.0.